The summed E-state index contributed by atoms with van der Waals surface area (Å²) in [6.07, 6.45) is 6.04. The summed E-state index contributed by atoms with van der Waals surface area (Å²) in [6.45, 7) is 2.54. The summed E-state index contributed by atoms with van der Waals surface area (Å²) in [6, 6.07) is 0.626. The van der Waals surface area contributed by atoms with Crippen molar-refractivity contribution in [1.82, 2.24) is 15.5 Å². The molecule has 1 aromatic heterocycles. The third kappa shape index (κ3) is 2.95. The number of aryl methyl sites for hydroxylation is 1. The van der Waals surface area contributed by atoms with Gasteiger partial charge in [0, 0.05) is 18.2 Å². The summed E-state index contributed by atoms with van der Waals surface area (Å²) in [7, 11) is 0. The summed E-state index contributed by atoms with van der Waals surface area (Å²) < 4.78 is 4.92. The number of hydrogen-bond donors (Lipinski definition) is 1. The minimum Gasteiger partial charge on any atom is -0.340 e. The molecule has 0 spiro atoms. The van der Waals surface area contributed by atoms with Crippen LogP contribution in [-0.4, -0.2) is 27.7 Å². The van der Waals surface area contributed by atoms with Crippen molar-refractivity contribution in [2.45, 2.75) is 44.0 Å². The van der Waals surface area contributed by atoms with Crippen LogP contribution in [-0.2, 0) is 6.54 Å². The van der Waals surface area contributed by atoms with E-state index in [9.17, 15) is 0 Å². The van der Waals surface area contributed by atoms with Gasteiger partial charge in [0.25, 0.3) is 0 Å². The van der Waals surface area contributed by atoms with Crippen LogP contribution in [0.1, 0.15) is 31.0 Å². The molecule has 1 aromatic rings. The van der Waals surface area contributed by atoms with Crippen molar-refractivity contribution in [2.75, 3.05) is 6.26 Å². The third-order valence-electron chi connectivity index (χ3n) is 2.84. The highest BCUT2D eigenvalue weighted by Crippen LogP contribution is 2.28. The highest BCUT2D eigenvalue weighted by molar-refractivity contribution is 7.99. The lowest BCUT2D eigenvalue weighted by molar-refractivity contribution is 0.383. The molecule has 2 rings (SSSR count). The van der Waals surface area contributed by atoms with Crippen molar-refractivity contribution in [1.29, 1.82) is 0 Å². The van der Waals surface area contributed by atoms with E-state index in [2.05, 4.69) is 21.7 Å². The standard InChI is InChI=1S/C10H17N3OS/c1-7-12-10(13-14-7)6-11-8-3-4-9(5-8)15-2/h8-9,11H,3-6H2,1-2H3. The molecular weight excluding hydrogens is 210 g/mol. The number of nitrogens with zero attached hydrogens (tertiary/aromatic N) is 2. The minimum atomic E-state index is 0.626. The van der Waals surface area contributed by atoms with Gasteiger partial charge >= 0.3 is 0 Å². The Balaban J connectivity index is 1.75. The molecule has 0 bridgehead atoms. The second-order valence-corrected chi connectivity index (χ2v) is 5.12. The fourth-order valence-electron chi connectivity index (χ4n) is 1.99. The van der Waals surface area contributed by atoms with Crippen molar-refractivity contribution in [3.63, 3.8) is 0 Å². The van der Waals surface area contributed by atoms with Crippen LogP contribution in [0.15, 0.2) is 4.52 Å². The predicted octanol–water partition coefficient (Wildman–Crippen LogP) is 1.75. The average Bonchev–Trinajstić information content (AvgIpc) is 2.83. The molecule has 0 saturated heterocycles. The van der Waals surface area contributed by atoms with Gasteiger partial charge in [0.15, 0.2) is 5.82 Å². The average molecular weight is 227 g/mol. The molecule has 0 amide bonds. The monoisotopic (exact) mass is 227 g/mol. The Labute approximate surface area is 94.2 Å². The smallest absolute Gasteiger partial charge is 0.223 e. The van der Waals surface area contributed by atoms with Crippen LogP contribution in [0, 0.1) is 6.92 Å². The Hall–Kier alpha value is -0.550. The van der Waals surface area contributed by atoms with E-state index in [1.54, 1.807) is 0 Å². The van der Waals surface area contributed by atoms with E-state index in [0.29, 0.717) is 11.9 Å². The maximum atomic E-state index is 4.92. The zero-order valence-corrected chi connectivity index (χ0v) is 10.0. The molecule has 1 aliphatic carbocycles. The molecule has 1 N–H and O–H groups in total. The van der Waals surface area contributed by atoms with Crippen molar-refractivity contribution < 1.29 is 4.52 Å². The summed E-state index contributed by atoms with van der Waals surface area (Å²) in [5.74, 6) is 1.40. The molecule has 1 saturated carbocycles. The zero-order valence-electron chi connectivity index (χ0n) is 9.19. The molecular formula is C10H17N3OS. The molecule has 2 unspecified atom stereocenters. The van der Waals surface area contributed by atoms with Crippen molar-refractivity contribution in [3.05, 3.63) is 11.7 Å². The summed E-state index contributed by atoms with van der Waals surface area (Å²) in [5, 5.41) is 8.17. The van der Waals surface area contributed by atoms with E-state index in [0.717, 1.165) is 17.6 Å². The van der Waals surface area contributed by atoms with E-state index in [4.69, 9.17) is 4.52 Å². The van der Waals surface area contributed by atoms with Crippen LogP contribution in [0.3, 0.4) is 0 Å². The lowest BCUT2D eigenvalue weighted by Gasteiger charge is -2.10. The van der Waals surface area contributed by atoms with Crippen LogP contribution >= 0.6 is 11.8 Å². The van der Waals surface area contributed by atoms with Crippen molar-refractivity contribution >= 4 is 11.8 Å². The SMILES string of the molecule is CSC1CCC(NCc2noc(C)n2)C1. The molecule has 15 heavy (non-hydrogen) atoms. The van der Waals surface area contributed by atoms with Crippen LogP contribution in [0.25, 0.3) is 0 Å². The molecule has 4 nitrogen and oxygen atoms in total. The molecule has 5 heteroatoms. The second kappa shape index (κ2) is 4.99. The molecule has 1 heterocycles. The highest BCUT2D eigenvalue weighted by Gasteiger charge is 2.23. The molecule has 1 aliphatic rings. The third-order valence-corrected chi connectivity index (χ3v) is 3.93. The molecule has 1 fully saturated rings. The van der Waals surface area contributed by atoms with E-state index in [-0.39, 0.29) is 0 Å². The highest BCUT2D eigenvalue weighted by atomic mass is 32.2. The van der Waals surface area contributed by atoms with Crippen LogP contribution in [0.2, 0.25) is 0 Å². The molecule has 0 radical (unpaired) electrons. The van der Waals surface area contributed by atoms with Crippen molar-refractivity contribution in [3.8, 4) is 0 Å². The van der Waals surface area contributed by atoms with Crippen LogP contribution in [0.4, 0.5) is 0 Å². The van der Waals surface area contributed by atoms with E-state index in [1.807, 2.05) is 18.7 Å². The van der Waals surface area contributed by atoms with Gasteiger partial charge in [0.05, 0.1) is 6.54 Å². The van der Waals surface area contributed by atoms with Gasteiger partial charge in [-0.2, -0.15) is 16.7 Å². The Kier molecular flexibility index (Phi) is 3.64. The van der Waals surface area contributed by atoms with E-state index in [1.165, 1.54) is 19.3 Å². The van der Waals surface area contributed by atoms with E-state index < -0.39 is 0 Å². The molecule has 0 aliphatic heterocycles. The summed E-state index contributed by atoms with van der Waals surface area (Å²) >= 11 is 1.97. The van der Waals surface area contributed by atoms with Gasteiger partial charge in [-0.25, -0.2) is 0 Å². The normalized spacial score (nSPS) is 26.0. The first kappa shape index (κ1) is 11.0. The Bertz CT molecular complexity index is 315. The number of thioether (sulfide) groups is 1. The molecule has 0 aromatic carbocycles. The van der Waals surface area contributed by atoms with Crippen molar-refractivity contribution in [2.24, 2.45) is 0 Å². The second-order valence-electron chi connectivity index (χ2n) is 3.98. The lowest BCUT2D eigenvalue weighted by atomic mass is 10.2. The maximum Gasteiger partial charge on any atom is 0.223 e. The van der Waals surface area contributed by atoms with Gasteiger partial charge in [-0.3, -0.25) is 0 Å². The van der Waals surface area contributed by atoms with Crippen LogP contribution < -0.4 is 5.32 Å². The number of rotatable bonds is 4. The summed E-state index contributed by atoms with van der Waals surface area (Å²) in [5.41, 5.74) is 0. The summed E-state index contributed by atoms with van der Waals surface area (Å²) in [4.78, 5) is 4.17. The number of nitrogens with one attached hydrogen (secondary N) is 1. The topological polar surface area (TPSA) is 51.0 Å². The van der Waals surface area contributed by atoms with Gasteiger partial charge < -0.3 is 9.84 Å². The first-order valence-electron chi connectivity index (χ1n) is 5.33. The Morgan fingerprint density at radius 3 is 3.00 bits per heavy atom. The fraction of sp³-hybridized carbons (Fsp3) is 0.800. The first-order valence-corrected chi connectivity index (χ1v) is 6.62. The Morgan fingerprint density at radius 2 is 2.40 bits per heavy atom. The maximum absolute atomic E-state index is 4.92. The van der Waals surface area contributed by atoms with Gasteiger partial charge in [-0.15, -0.1) is 0 Å². The number of hydrogen-bond acceptors (Lipinski definition) is 5. The van der Waals surface area contributed by atoms with Crippen LogP contribution in [0.5, 0.6) is 0 Å². The predicted molar refractivity (Wildman–Crippen MR) is 60.8 cm³/mol. The van der Waals surface area contributed by atoms with E-state index >= 15 is 0 Å². The lowest BCUT2D eigenvalue weighted by Crippen LogP contribution is -2.26. The zero-order chi connectivity index (χ0) is 10.7. The minimum absolute atomic E-state index is 0.626. The van der Waals surface area contributed by atoms with Gasteiger partial charge in [0.2, 0.25) is 5.89 Å². The van der Waals surface area contributed by atoms with Gasteiger partial charge in [-0.1, -0.05) is 5.16 Å². The molecule has 84 valence electrons. The van der Waals surface area contributed by atoms with Gasteiger partial charge in [-0.05, 0) is 25.5 Å². The van der Waals surface area contributed by atoms with Gasteiger partial charge in [0.1, 0.15) is 0 Å². The largest absolute Gasteiger partial charge is 0.340 e. The Morgan fingerprint density at radius 1 is 1.53 bits per heavy atom. The fourth-order valence-corrected chi connectivity index (χ4v) is 2.78. The quantitative estimate of drug-likeness (QED) is 0.849. The molecule has 2 atom stereocenters. The number of aromatic nitrogens is 2. The first-order chi connectivity index (χ1) is 7.28.